The molecule has 1 aromatic heterocycles. The fraction of sp³-hybridized carbons (Fsp3) is 0. The minimum Gasteiger partial charge on any atom is -0.456 e. The molecule has 1 heterocycles. The first kappa shape index (κ1) is 17.6. The average molecular weight is 636 g/mol. The Morgan fingerprint density at radius 1 is 0.347 bits per heavy atom. The molecular formula is C48H30O. The van der Waals surface area contributed by atoms with Crippen molar-refractivity contribution in [1.82, 2.24) is 0 Å². The molecule has 1 nitrogen and oxygen atoms in total. The van der Waals surface area contributed by atoms with Gasteiger partial charge in [-0.25, -0.2) is 0 Å². The summed E-state index contributed by atoms with van der Waals surface area (Å²) < 4.78 is 122. The van der Waals surface area contributed by atoms with E-state index in [1.807, 2.05) is 91.0 Å². The van der Waals surface area contributed by atoms with E-state index in [0.29, 0.717) is 22.1 Å². The number of furan rings is 1. The Balaban J connectivity index is 1.35. The molecule has 0 fully saturated rings. The molecule has 0 atom stereocenters. The molecular weight excluding hydrogens is 593 g/mol. The summed E-state index contributed by atoms with van der Waals surface area (Å²) in [7, 11) is 0. The van der Waals surface area contributed by atoms with Crippen molar-refractivity contribution in [2.75, 3.05) is 0 Å². The van der Waals surface area contributed by atoms with Gasteiger partial charge in [0.05, 0.1) is 17.8 Å². The van der Waals surface area contributed by atoms with E-state index in [2.05, 4.69) is 6.07 Å². The number of benzene rings is 9. The minimum atomic E-state index is -0.716. The topological polar surface area (TPSA) is 13.1 Å². The standard InChI is InChI=1S/C48H30O/c1-3-14-31(15-4-1)33-26-27-43-45(30-33)49-44-25-13-24-37(48(43)44)36-28-29-42(35-19-8-7-18-34(35)36)47-40-22-11-9-20-38(40)46(32-16-5-2-6-17-32)39-21-10-12-23-41(39)47/h1-30H/i2D,5D,6D,9D,10D,11D,12D,16D,17D,20D,21D,22D,23D. The van der Waals surface area contributed by atoms with E-state index in [4.69, 9.17) is 16.8 Å². The number of hydrogen-bond acceptors (Lipinski definition) is 1. The van der Waals surface area contributed by atoms with E-state index >= 15 is 0 Å². The summed E-state index contributed by atoms with van der Waals surface area (Å²) in [5.41, 5.74) is 4.78. The van der Waals surface area contributed by atoms with Crippen LogP contribution in [0.25, 0.3) is 98.8 Å². The molecule has 0 spiro atoms. The van der Waals surface area contributed by atoms with Gasteiger partial charge in [0.25, 0.3) is 0 Å². The van der Waals surface area contributed by atoms with Gasteiger partial charge in [-0.3, -0.25) is 0 Å². The molecule has 228 valence electrons. The highest BCUT2D eigenvalue weighted by Gasteiger charge is 2.20. The molecule has 0 aliphatic rings. The summed E-state index contributed by atoms with van der Waals surface area (Å²) in [5.74, 6) is 0. The van der Waals surface area contributed by atoms with Crippen molar-refractivity contribution in [2.24, 2.45) is 0 Å². The van der Waals surface area contributed by atoms with Crippen molar-refractivity contribution >= 4 is 54.3 Å². The quantitative estimate of drug-likeness (QED) is 0.175. The zero-order valence-corrected chi connectivity index (χ0v) is 25.7. The van der Waals surface area contributed by atoms with E-state index < -0.39 is 84.1 Å². The van der Waals surface area contributed by atoms with Crippen LogP contribution in [0.2, 0.25) is 0 Å². The first-order valence-corrected chi connectivity index (χ1v) is 15.8. The third-order valence-corrected chi connectivity index (χ3v) is 9.21. The van der Waals surface area contributed by atoms with Crippen LogP contribution in [0.15, 0.2) is 186 Å². The van der Waals surface area contributed by atoms with Gasteiger partial charge in [-0.1, -0.05) is 163 Å². The van der Waals surface area contributed by atoms with Gasteiger partial charge in [0.15, 0.2) is 0 Å². The second-order valence-electron chi connectivity index (χ2n) is 11.8. The maximum absolute atomic E-state index is 9.41. The lowest BCUT2D eigenvalue weighted by atomic mass is 9.83. The smallest absolute Gasteiger partial charge is 0.136 e. The lowest BCUT2D eigenvalue weighted by molar-refractivity contribution is 0.669. The summed E-state index contributed by atoms with van der Waals surface area (Å²) in [6, 6.07) is 24.6. The minimum absolute atomic E-state index is 0.0771. The molecule has 9 aromatic carbocycles. The normalized spacial score (nSPS) is 15.4. The van der Waals surface area contributed by atoms with Crippen LogP contribution in [0.4, 0.5) is 0 Å². The lowest BCUT2D eigenvalue weighted by Gasteiger charge is -2.19. The Bertz CT molecular complexity index is 3510. The molecule has 0 radical (unpaired) electrons. The van der Waals surface area contributed by atoms with E-state index in [-0.39, 0.29) is 32.7 Å². The van der Waals surface area contributed by atoms with Crippen LogP contribution in [-0.4, -0.2) is 0 Å². The van der Waals surface area contributed by atoms with E-state index in [1.54, 1.807) is 6.07 Å². The molecule has 0 N–H and O–H groups in total. The monoisotopic (exact) mass is 635 g/mol. The zero-order chi connectivity index (χ0) is 43.6. The second-order valence-corrected chi connectivity index (χ2v) is 11.8. The Kier molecular flexibility index (Phi) is 3.99. The highest BCUT2D eigenvalue weighted by Crippen LogP contribution is 2.47. The molecule has 10 aromatic rings. The molecule has 0 saturated carbocycles. The van der Waals surface area contributed by atoms with Crippen molar-refractivity contribution in [3.63, 3.8) is 0 Å². The molecule has 0 aliphatic carbocycles. The van der Waals surface area contributed by atoms with Crippen molar-refractivity contribution in [3.05, 3.63) is 182 Å². The van der Waals surface area contributed by atoms with Crippen LogP contribution in [0, 0.1) is 0 Å². The lowest BCUT2D eigenvalue weighted by Crippen LogP contribution is -1.92. The van der Waals surface area contributed by atoms with Crippen LogP contribution < -0.4 is 0 Å². The van der Waals surface area contributed by atoms with E-state index in [9.17, 15) is 5.48 Å². The van der Waals surface area contributed by atoms with Crippen molar-refractivity contribution < 1.29 is 22.2 Å². The molecule has 0 aliphatic heterocycles. The number of rotatable bonds is 4. The predicted molar refractivity (Wildman–Crippen MR) is 208 cm³/mol. The highest BCUT2D eigenvalue weighted by molar-refractivity contribution is 6.25. The zero-order valence-electron chi connectivity index (χ0n) is 38.7. The van der Waals surface area contributed by atoms with Gasteiger partial charge in [0.2, 0.25) is 0 Å². The van der Waals surface area contributed by atoms with Crippen LogP contribution in [0.3, 0.4) is 0 Å². The van der Waals surface area contributed by atoms with Crippen molar-refractivity contribution in [2.45, 2.75) is 0 Å². The van der Waals surface area contributed by atoms with Crippen molar-refractivity contribution in [1.29, 1.82) is 0 Å². The van der Waals surface area contributed by atoms with Gasteiger partial charge in [0, 0.05) is 10.8 Å². The van der Waals surface area contributed by atoms with Crippen LogP contribution >= 0.6 is 0 Å². The van der Waals surface area contributed by atoms with Gasteiger partial charge in [0.1, 0.15) is 11.2 Å². The third-order valence-electron chi connectivity index (χ3n) is 9.21. The van der Waals surface area contributed by atoms with Crippen LogP contribution in [0.5, 0.6) is 0 Å². The maximum atomic E-state index is 9.41. The third kappa shape index (κ3) is 4.33. The largest absolute Gasteiger partial charge is 0.456 e. The molecule has 0 unspecified atom stereocenters. The second kappa shape index (κ2) is 11.1. The first-order valence-electron chi connectivity index (χ1n) is 22.3. The molecule has 1 heteroatoms. The molecule has 0 amide bonds. The summed E-state index contributed by atoms with van der Waals surface area (Å²) >= 11 is 0. The van der Waals surface area contributed by atoms with Crippen molar-refractivity contribution in [3.8, 4) is 44.5 Å². The molecule has 0 saturated heterocycles. The van der Waals surface area contributed by atoms with E-state index in [1.165, 1.54) is 0 Å². The summed E-state index contributed by atoms with van der Waals surface area (Å²) in [4.78, 5) is 0. The fourth-order valence-electron chi connectivity index (χ4n) is 7.13. The van der Waals surface area contributed by atoms with Gasteiger partial charge in [-0.2, -0.15) is 0 Å². The number of fused-ring (bicyclic) bond motifs is 6. The SMILES string of the molecule is [2H]c1c([2H])c([2H])c(-c2c3c([2H])c([2H])c([2H])c([2H])c3c(-c3ccc(-c4cccc5oc6cc(-c7ccccc7)ccc6c45)c4ccccc34)c3c([2H])c([2H])c([2H])c([2H])c23)c([2H])c1[2H]. The van der Waals surface area contributed by atoms with Crippen LogP contribution in [-0.2, 0) is 0 Å². The van der Waals surface area contributed by atoms with Crippen LogP contribution in [0.1, 0.15) is 17.8 Å². The van der Waals surface area contributed by atoms with Gasteiger partial charge in [-0.15, -0.1) is 0 Å². The number of hydrogen-bond donors (Lipinski definition) is 0. The summed E-state index contributed by atoms with van der Waals surface area (Å²) in [6.07, 6.45) is 0. The first-order chi connectivity index (χ1) is 29.7. The Hall–Kier alpha value is -6.44. The maximum Gasteiger partial charge on any atom is 0.136 e. The van der Waals surface area contributed by atoms with Gasteiger partial charge >= 0.3 is 0 Å². The molecule has 10 rings (SSSR count). The highest BCUT2D eigenvalue weighted by atomic mass is 16.3. The summed E-state index contributed by atoms with van der Waals surface area (Å²) in [5, 5.41) is 2.33. The van der Waals surface area contributed by atoms with Gasteiger partial charge in [-0.05, 0) is 95.0 Å². The average Bonchev–Trinajstić information content (AvgIpc) is 3.68. The Labute approximate surface area is 302 Å². The summed E-state index contributed by atoms with van der Waals surface area (Å²) in [6.45, 7) is 0. The van der Waals surface area contributed by atoms with Gasteiger partial charge < -0.3 is 4.42 Å². The predicted octanol–water partition coefficient (Wildman–Crippen LogP) is 13.7. The fourth-order valence-corrected chi connectivity index (χ4v) is 7.13. The van der Waals surface area contributed by atoms with E-state index in [0.717, 1.165) is 38.4 Å². The Morgan fingerprint density at radius 3 is 1.67 bits per heavy atom. The molecule has 49 heavy (non-hydrogen) atoms. The Morgan fingerprint density at radius 2 is 0.959 bits per heavy atom. The molecule has 0 bridgehead atoms.